The number of carbonyl (C=O) groups excluding carboxylic acids is 1. The van der Waals surface area contributed by atoms with Crippen molar-refractivity contribution in [1.82, 2.24) is 9.88 Å². The predicted octanol–water partition coefficient (Wildman–Crippen LogP) is 5.46. The number of likely N-dealkylation sites (tertiary alicyclic amines) is 1. The lowest BCUT2D eigenvalue weighted by Gasteiger charge is -2.35. The number of hydrogen-bond acceptors (Lipinski definition) is 3. The minimum absolute atomic E-state index is 0.161. The smallest absolute Gasteiger partial charge is 0.410 e. The average molecular weight is 445 g/mol. The van der Waals surface area contributed by atoms with Gasteiger partial charge in [-0.1, -0.05) is 72.8 Å². The van der Waals surface area contributed by atoms with Crippen molar-refractivity contribution in [2.75, 3.05) is 13.1 Å². The molecule has 5 nitrogen and oxygen atoms in total. The zero-order valence-corrected chi connectivity index (χ0v) is 18.1. The first kappa shape index (κ1) is 21.2. The van der Waals surface area contributed by atoms with Crippen molar-refractivity contribution in [3.63, 3.8) is 0 Å². The van der Waals surface area contributed by atoms with Crippen LogP contribution >= 0.6 is 0 Å². The molecule has 168 valence electrons. The van der Waals surface area contributed by atoms with Crippen LogP contribution in [-0.2, 0) is 11.3 Å². The second-order valence-electron chi connectivity index (χ2n) is 8.39. The van der Waals surface area contributed by atoms with E-state index in [2.05, 4.69) is 4.98 Å². The Kier molecular flexibility index (Phi) is 5.84. The van der Waals surface area contributed by atoms with Gasteiger partial charge in [0.15, 0.2) is 0 Å². The number of aromatic amines is 1. The molecule has 0 radical (unpaired) electrons. The number of benzene rings is 3. The van der Waals surface area contributed by atoms with Crippen molar-refractivity contribution >= 4 is 17.0 Å². The summed E-state index contributed by atoms with van der Waals surface area (Å²) in [6, 6.07) is 24.2. The molecule has 0 bridgehead atoms. The summed E-state index contributed by atoms with van der Waals surface area (Å²) >= 11 is 0. The average Bonchev–Trinajstić information content (AvgIpc) is 3.24. The Morgan fingerprint density at radius 3 is 2.48 bits per heavy atom. The van der Waals surface area contributed by atoms with E-state index < -0.39 is 12.2 Å². The van der Waals surface area contributed by atoms with E-state index in [-0.39, 0.29) is 24.9 Å². The lowest BCUT2D eigenvalue weighted by molar-refractivity contribution is 0.0348. The zero-order valence-electron chi connectivity index (χ0n) is 18.1. The molecule has 2 N–H and O–H groups in total. The quantitative estimate of drug-likeness (QED) is 0.439. The number of H-pyrrole nitrogens is 1. The Morgan fingerprint density at radius 1 is 1.03 bits per heavy atom. The molecule has 0 aliphatic carbocycles. The molecule has 1 aromatic heterocycles. The highest BCUT2D eigenvalue weighted by Crippen LogP contribution is 2.41. The Morgan fingerprint density at radius 2 is 1.76 bits per heavy atom. The van der Waals surface area contributed by atoms with Crippen molar-refractivity contribution in [1.29, 1.82) is 0 Å². The number of halogens is 1. The van der Waals surface area contributed by atoms with Crippen molar-refractivity contribution in [3.8, 4) is 11.3 Å². The molecule has 2 heterocycles. The van der Waals surface area contributed by atoms with Gasteiger partial charge >= 0.3 is 6.09 Å². The molecule has 0 saturated carbocycles. The molecular formula is C27H25FN2O3. The SMILES string of the molecule is O=C(OCc1ccccc1)N1CC[C@@H](c2c(-c3ccccc3)[nH]c3c(F)cccc23)[C@H](O)C1. The fourth-order valence-corrected chi connectivity index (χ4v) is 4.67. The van der Waals surface area contributed by atoms with Crippen molar-refractivity contribution in [2.24, 2.45) is 0 Å². The zero-order chi connectivity index (χ0) is 22.8. The molecule has 0 spiro atoms. The van der Waals surface area contributed by atoms with Crippen LogP contribution in [0.1, 0.15) is 23.5 Å². The van der Waals surface area contributed by atoms with Gasteiger partial charge < -0.3 is 19.7 Å². The Hall–Kier alpha value is -3.64. The van der Waals surface area contributed by atoms with E-state index in [1.807, 2.05) is 66.7 Å². The van der Waals surface area contributed by atoms with Crippen LogP contribution in [-0.4, -0.2) is 40.3 Å². The minimum Gasteiger partial charge on any atom is -0.445 e. The first-order chi connectivity index (χ1) is 16.1. The minimum atomic E-state index is -0.798. The van der Waals surface area contributed by atoms with Gasteiger partial charge in [-0.05, 0) is 29.2 Å². The molecule has 1 saturated heterocycles. The van der Waals surface area contributed by atoms with E-state index in [0.717, 1.165) is 27.8 Å². The number of carbonyl (C=O) groups is 1. The van der Waals surface area contributed by atoms with Crippen LogP contribution in [0.3, 0.4) is 0 Å². The second-order valence-corrected chi connectivity index (χ2v) is 8.39. The largest absolute Gasteiger partial charge is 0.445 e. The third-order valence-electron chi connectivity index (χ3n) is 6.30. The number of aliphatic hydroxyl groups excluding tert-OH is 1. The fourth-order valence-electron chi connectivity index (χ4n) is 4.67. The normalized spacial score (nSPS) is 18.4. The Bertz CT molecular complexity index is 1260. The number of aromatic nitrogens is 1. The van der Waals surface area contributed by atoms with Crippen LogP contribution in [0.25, 0.3) is 22.2 Å². The molecule has 2 atom stereocenters. The van der Waals surface area contributed by atoms with Gasteiger partial charge in [-0.2, -0.15) is 0 Å². The number of aliphatic hydroxyl groups is 1. The van der Waals surface area contributed by atoms with Crippen LogP contribution in [0, 0.1) is 5.82 Å². The summed E-state index contributed by atoms with van der Waals surface area (Å²) in [7, 11) is 0. The monoisotopic (exact) mass is 444 g/mol. The maximum absolute atomic E-state index is 14.6. The van der Waals surface area contributed by atoms with E-state index in [4.69, 9.17) is 4.74 Å². The molecule has 33 heavy (non-hydrogen) atoms. The molecular weight excluding hydrogens is 419 g/mol. The fraction of sp³-hybridized carbons (Fsp3) is 0.222. The molecule has 6 heteroatoms. The van der Waals surface area contributed by atoms with Gasteiger partial charge in [0.05, 0.1) is 23.9 Å². The van der Waals surface area contributed by atoms with E-state index in [0.29, 0.717) is 18.5 Å². The standard InChI is InChI=1S/C27H25FN2O3/c28-22-13-7-12-21-24(25(29-26(21)22)19-10-5-2-6-11-19)20-14-15-30(16-23(20)31)27(32)33-17-18-8-3-1-4-9-18/h1-13,20,23,29,31H,14-17H2/t20-,23-/m1/s1. The topological polar surface area (TPSA) is 65.6 Å². The number of rotatable bonds is 4. The molecule has 3 aromatic carbocycles. The molecule has 1 amide bonds. The number of fused-ring (bicyclic) bond motifs is 1. The summed E-state index contributed by atoms with van der Waals surface area (Å²) in [5.74, 6) is -0.568. The highest BCUT2D eigenvalue weighted by molar-refractivity contribution is 5.92. The number of para-hydroxylation sites is 1. The Labute approximate surface area is 191 Å². The highest BCUT2D eigenvalue weighted by Gasteiger charge is 2.35. The number of ether oxygens (including phenoxy) is 1. The molecule has 1 fully saturated rings. The molecule has 5 rings (SSSR count). The number of β-amino-alcohol motifs (C(OH)–C–C–N with tert-alkyl or cyclic N) is 1. The maximum Gasteiger partial charge on any atom is 0.410 e. The Balaban J connectivity index is 1.39. The number of piperidine rings is 1. The summed E-state index contributed by atoms with van der Waals surface area (Å²) in [4.78, 5) is 17.4. The van der Waals surface area contributed by atoms with Crippen LogP contribution in [0.2, 0.25) is 0 Å². The predicted molar refractivity (Wildman–Crippen MR) is 125 cm³/mol. The number of amides is 1. The first-order valence-electron chi connectivity index (χ1n) is 11.1. The summed E-state index contributed by atoms with van der Waals surface area (Å²) in [5, 5.41) is 11.9. The van der Waals surface area contributed by atoms with Crippen LogP contribution in [0.5, 0.6) is 0 Å². The lowest BCUT2D eigenvalue weighted by Crippen LogP contribution is -2.46. The lowest BCUT2D eigenvalue weighted by atomic mass is 9.84. The van der Waals surface area contributed by atoms with E-state index in [1.54, 1.807) is 11.0 Å². The highest BCUT2D eigenvalue weighted by atomic mass is 19.1. The van der Waals surface area contributed by atoms with Crippen LogP contribution in [0.4, 0.5) is 9.18 Å². The number of hydrogen-bond donors (Lipinski definition) is 2. The summed E-state index contributed by atoms with van der Waals surface area (Å²) in [6.07, 6.45) is -0.692. The number of nitrogens with zero attached hydrogens (tertiary/aromatic N) is 1. The van der Waals surface area contributed by atoms with Gasteiger partial charge in [0.2, 0.25) is 0 Å². The van der Waals surface area contributed by atoms with Gasteiger partial charge in [-0.25, -0.2) is 9.18 Å². The second kappa shape index (κ2) is 9.08. The third kappa shape index (κ3) is 4.22. The molecule has 0 unspecified atom stereocenters. The maximum atomic E-state index is 14.6. The van der Waals surface area contributed by atoms with Crippen molar-refractivity contribution < 1.29 is 19.0 Å². The molecule has 4 aromatic rings. The van der Waals surface area contributed by atoms with Gasteiger partial charge in [-0.3, -0.25) is 0 Å². The van der Waals surface area contributed by atoms with Gasteiger partial charge in [0, 0.05) is 17.8 Å². The summed E-state index contributed by atoms with van der Waals surface area (Å²) in [6.45, 7) is 0.801. The summed E-state index contributed by atoms with van der Waals surface area (Å²) < 4.78 is 20.0. The molecule has 1 aliphatic rings. The first-order valence-corrected chi connectivity index (χ1v) is 11.1. The van der Waals surface area contributed by atoms with Crippen LogP contribution < -0.4 is 0 Å². The number of nitrogens with one attached hydrogen (secondary N) is 1. The van der Waals surface area contributed by atoms with Gasteiger partial charge in [0.1, 0.15) is 12.4 Å². The van der Waals surface area contributed by atoms with E-state index in [1.165, 1.54) is 6.07 Å². The molecule has 1 aliphatic heterocycles. The van der Waals surface area contributed by atoms with Crippen molar-refractivity contribution in [3.05, 3.63) is 95.8 Å². The van der Waals surface area contributed by atoms with E-state index in [9.17, 15) is 14.3 Å². The summed E-state index contributed by atoms with van der Waals surface area (Å²) in [5.41, 5.74) is 3.97. The van der Waals surface area contributed by atoms with E-state index >= 15 is 0 Å². The third-order valence-corrected chi connectivity index (χ3v) is 6.30. The van der Waals surface area contributed by atoms with Gasteiger partial charge in [0.25, 0.3) is 0 Å². The van der Waals surface area contributed by atoms with Crippen molar-refractivity contribution in [2.45, 2.75) is 25.0 Å². The van der Waals surface area contributed by atoms with Gasteiger partial charge in [-0.15, -0.1) is 0 Å². The van der Waals surface area contributed by atoms with Crippen LogP contribution in [0.15, 0.2) is 78.9 Å².